The first-order valence-corrected chi connectivity index (χ1v) is 28.6. The number of carbonyl (C=O) groups is 3. The molecular weight excluding hydrogens is 817 g/mol. The fourth-order valence-electron chi connectivity index (χ4n) is 8.21. The van der Waals surface area contributed by atoms with Crippen molar-refractivity contribution in [2.75, 3.05) is 13.2 Å². The van der Waals surface area contributed by atoms with Crippen LogP contribution in [0.3, 0.4) is 0 Å². The number of ether oxygens (including phenoxy) is 3. The van der Waals surface area contributed by atoms with E-state index in [2.05, 4.69) is 69.4 Å². The van der Waals surface area contributed by atoms with E-state index in [1.54, 1.807) is 0 Å². The van der Waals surface area contributed by atoms with Crippen LogP contribution in [-0.4, -0.2) is 37.2 Å². The van der Waals surface area contributed by atoms with Crippen LogP contribution in [0.1, 0.15) is 297 Å². The first kappa shape index (κ1) is 63.4. The second kappa shape index (κ2) is 55.0. The van der Waals surface area contributed by atoms with Crippen molar-refractivity contribution in [3.8, 4) is 0 Å². The number of carbonyl (C=O) groups excluding carboxylic acids is 3. The summed E-state index contributed by atoms with van der Waals surface area (Å²) >= 11 is 0. The van der Waals surface area contributed by atoms with E-state index in [9.17, 15) is 14.4 Å². The van der Waals surface area contributed by atoms with Gasteiger partial charge >= 0.3 is 17.9 Å². The van der Waals surface area contributed by atoms with Crippen molar-refractivity contribution < 1.29 is 28.6 Å². The van der Waals surface area contributed by atoms with Gasteiger partial charge in [-0.05, 0) is 83.5 Å². The summed E-state index contributed by atoms with van der Waals surface area (Å²) in [4.78, 5) is 37.7. The summed E-state index contributed by atoms with van der Waals surface area (Å²) in [6.45, 7) is 6.54. The lowest BCUT2D eigenvalue weighted by molar-refractivity contribution is -0.167. The van der Waals surface area contributed by atoms with Gasteiger partial charge in [0.25, 0.3) is 0 Å². The van der Waals surface area contributed by atoms with Gasteiger partial charge in [-0.25, -0.2) is 0 Å². The van der Waals surface area contributed by atoms with E-state index in [1.165, 1.54) is 161 Å². The van der Waals surface area contributed by atoms with Gasteiger partial charge < -0.3 is 14.2 Å². The van der Waals surface area contributed by atoms with E-state index >= 15 is 0 Å². The lowest BCUT2D eigenvalue weighted by Crippen LogP contribution is -2.30. The third-order valence-electron chi connectivity index (χ3n) is 12.6. The molecule has 66 heavy (non-hydrogen) atoms. The van der Waals surface area contributed by atoms with Crippen LogP contribution in [0.15, 0.2) is 48.6 Å². The van der Waals surface area contributed by atoms with Crippen LogP contribution in [0.2, 0.25) is 0 Å². The number of rotatable bonds is 52. The van der Waals surface area contributed by atoms with Crippen molar-refractivity contribution in [1.29, 1.82) is 0 Å². The normalized spacial score (nSPS) is 12.3. The molecule has 0 amide bonds. The molecule has 0 radical (unpaired) electrons. The summed E-state index contributed by atoms with van der Waals surface area (Å²) in [5, 5.41) is 0. The third-order valence-corrected chi connectivity index (χ3v) is 12.6. The molecule has 0 spiro atoms. The fourth-order valence-corrected chi connectivity index (χ4v) is 8.21. The third kappa shape index (κ3) is 52.3. The lowest BCUT2D eigenvalue weighted by atomic mass is 10.0. The summed E-state index contributed by atoms with van der Waals surface area (Å²) in [6, 6.07) is 0. The first-order chi connectivity index (χ1) is 32.5. The fraction of sp³-hybridized carbons (Fsp3) is 0.817. The minimum absolute atomic E-state index is 0.0771. The van der Waals surface area contributed by atoms with Crippen molar-refractivity contribution in [3.05, 3.63) is 48.6 Å². The zero-order chi connectivity index (χ0) is 47.9. The van der Waals surface area contributed by atoms with Gasteiger partial charge in [0, 0.05) is 19.3 Å². The minimum atomic E-state index is -0.775. The molecule has 0 fully saturated rings. The molecule has 0 aromatic heterocycles. The quantitative estimate of drug-likeness (QED) is 0.0262. The van der Waals surface area contributed by atoms with Crippen molar-refractivity contribution in [2.24, 2.45) is 0 Å². The van der Waals surface area contributed by atoms with Crippen molar-refractivity contribution in [2.45, 2.75) is 303 Å². The average molecular weight is 926 g/mol. The Hall–Kier alpha value is -2.63. The van der Waals surface area contributed by atoms with Gasteiger partial charge in [0.1, 0.15) is 13.2 Å². The molecule has 0 aromatic rings. The molecule has 0 bridgehead atoms. The highest BCUT2D eigenvalue weighted by Crippen LogP contribution is 2.16. The Bertz CT molecular complexity index is 1150. The molecule has 0 aliphatic rings. The molecule has 0 N–H and O–H groups in total. The molecule has 0 saturated carbocycles. The molecule has 0 aromatic carbocycles. The number of allylic oxidation sites excluding steroid dienone is 8. The van der Waals surface area contributed by atoms with Crippen LogP contribution in [0.5, 0.6) is 0 Å². The van der Waals surface area contributed by atoms with E-state index < -0.39 is 6.10 Å². The summed E-state index contributed by atoms with van der Waals surface area (Å²) in [5.74, 6) is -0.895. The monoisotopic (exact) mass is 925 g/mol. The highest BCUT2D eigenvalue weighted by Gasteiger charge is 2.19. The largest absolute Gasteiger partial charge is 0.462 e. The van der Waals surface area contributed by atoms with Crippen LogP contribution < -0.4 is 0 Å². The maximum absolute atomic E-state index is 12.7. The standard InChI is InChI=1S/C60H108O6/c1-4-7-10-13-15-17-19-21-23-25-26-27-28-29-30-31-32-33-34-35-37-38-40-42-44-47-50-53-59(62)65-56-57(55-64-58(61)52-49-46-12-9-6-3)66-60(63)54-51-48-45-43-41-39-36-24-22-20-18-16-14-11-8-5-2/h18-21,24-26,36,57H,4-17,22-23,27-35,37-56H2,1-3H3/b20-18-,21-19-,26-25-,36-24-. The average Bonchev–Trinajstić information content (AvgIpc) is 3.31. The van der Waals surface area contributed by atoms with Crippen LogP contribution in [0, 0.1) is 0 Å². The van der Waals surface area contributed by atoms with Crippen LogP contribution in [0.4, 0.5) is 0 Å². The highest BCUT2D eigenvalue weighted by atomic mass is 16.6. The van der Waals surface area contributed by atoms with Gasteiger partial charge in [0.2, 0.25) is 0 Å². The van der Waals surface area contributed by atoms with Crippen molar-refractivity contribution >= 4 is 17.9 Å². The van der Waals surface area contributed by atoms with Crippen LogP contribution in [-0.2, 0) is 28.6 Å². The molecule has 6 heteroatoms. The van der Waals surface area contributed by atoms with Crippen LogP contribution in [0.25, 0.3) is 0 Å². The van der Waals surface area contributed by atoms with Crippen molar-refractivity contribution in [1.82, 2.24) is 0 Å². The lowest BCUT2D eigenvalue weighted by Gasteiger charge is -2.18. The number of unbranched alkanes of at least 4 members (excludes halogenated alkanes) is 33. The van der Waals surface area contributed by atoms with Gasteiger partial charge in [-0.1, -0.05) is 243 Å². The molecule has 384 valence electrons. The van der Waals surface area contributed by atoms with Gasteiger partial charge in [0.15, 0.2) is 6.10 Å². The Balaban J connectivity index is 4.03. The number of esters is 3. The molecular formula is C60H108O6. The summed E-state index contributed by atoms with van der Waals surface area (Å²) in [6.07, 6.45) is 67.2. The SMILES string of the molecule is CCCCCC/C=C\C/C=C\CCCCCCCC(=O)OC(COC(=O)CCCCCCC)COC(=O)CCCCCCCCCCCCCCCCC/C=C\C/C=C\CCCCCCC. The second-order valence-corrected chi connectivity index (χ2v) is 19.2. The van der Waals surface area contributed by atoms with Gasteiger partial charge in [-0.2, -0.15) is 0 Å². The Kier molecular flexibility index (Phi) is 52.8. The van der Waals surface area contributed by atoms with E-state index in [0.717, 1.165) is 96.3 Å². The van der Waals surface area contributed by atoms with E-state index in [1.807, 2.05) is 0 Å². The minimum Gasteiger partial charge on any atom is -0.462 e. The maximum atomic E-state index is 12.7. The van der Waals surface area contributed by atoms with Crippen LogP contribution >= 0.6 is 0 Å². The van der Waals surface area contributed by atoms with E-state index in [0.29, 0.717) is 19.3 Å². The predicted molar refractivity (Wildman–Crippen MR) is 284 cm³/mol. The zero-order valence-electron chi connectivity index (χ0n) is 44.0. The summed E-state index contributed by atoms with van der Waals surface area (Å²) in [5.41, 5.74) is 0. The molecule has 0 aliphatic heterocycles. The van der Waals surface area contributed by atoms with E-state index in [4.69, 9.17) is 14.2 Å². The Morgan fingerprint density at radius 1 is 0.303 bits per heavy atom. The Morgan fingerprint density at radius 3 is 0.848 bits per heavy atom. The highest BCUT2D eigenvalue weighted by molar-refractivity contribution is 5.71. The first-order valence-electron chi connectivity index (χ1n) is 28.6. The van der Waals surface area contributed by atoms with Gasteiger partial charge in [0.05, 0.1) is 0 Å². The maximum Gasteiger partial charge on any atom is 0.306 e. The molecule has 0 aliphatic carbocycles. The second-order valence-electron chi connectivity index (χ2n) is 19.2. The summed E-state index contributed by atoms with van der Waals surface area (Å²) < 4.78 is 16.7. The number of hydrogen-bond acceptors (Lipinski definition) is 6. The smallest absolute Gasteiger partial charge is 0.306 e. The zero-order valence-corrected chi connectivity index (χ0v) is 44.0. The molecule has 0 rings (SSSR count). The Morgan fingerprint density at radius 2 is 0.545 bits per heavy atom. The van der Waals surface area contributed by atoms with Gasteiger partial charge in [-0.3, -0.25) is 14.4 Å². The molecule has 6 nitrogen and oxygen atoms in total. The topological polar surface area (TPSA) is 78.9 Å². The number of hydrogen-bond donors (Lipinski definition) is 0. The predicted octanol–water partition coefficient (Wildman–Crippen LogP) is 19.0. The summed E-state index contributed by atoms with van der Waals surface area (Å²) in [7, 11) is 0. The molecule has 0 saturated heterocycles. The van der Waals surface area contributed by atoms with Gasteiger partial charge in [-0.15, -0.1) is 0 Å². The molecule has 1 atom stereocenters. The Labute approximate surface area is 409 Å². The molecule has 0 heterocycles. The van der Waals surface area contributed by atoms with Crippen molar-refractivity contribution in [3.63, 3.8) is 0 Å². The van der Waals surface area contributed by atoms with E-state index in [-0.39, 0.29) is 31.1 Å². The molecule has 1 unspecified atom stereocenters.